The normalized spacial score (nSPS) is 33.1. The number of imide groups is 1. The number of halogens is 1. The van der Waals surface area contributed by atoms with E-state index in [9.17, 15) is 9.59 Å². The molecule has 0 unspecified atom stereocenters. The van der Waals surface area contributed by atoms with Gasteiger partial charge in [0.2, 0.25) is 5.91 Å². The molecule has 1 aromatic rings. The molecular formula is C18H22INO4. The molecule has 24 heavy (non-hydrogen) atoms. The molecule has 6 heteroatoms. The van der Waals surface area contributed by atoms with Crippen LogP contribution in [0.1, 0.15) is 32.4 Å². The van der Waals surface area contributed by atoms with Gasteiger partial charge in [-0.25, -0.2) is 9.69 Å². The lowest BCUT2D eigenvalue weighted by Gasteiger charge is -2.28. The summed E-state index contributed by atoms with van der Waals surface area (Å²) in [6.45, 7) is 6.24. The predicted octanol–water partition coefficient (Wildman–Crippen LogP) is 3.57. The molecule has 3 rings (SSSR count). The fourth-order valence-electron chi connectivity index (χ4n) is 3.38. The van der Waals surface area contributed by atoms with Crippen LogP contribution in [0.25, 0.3) is 0 Å². The monoisotopic (exact) mass is 443 g/mol. The quantitative estimate of drug-likeness (QED) is 0.530. The molecule has 2 aliphatic heterocycles. The number of cyclic esters (lactones) is 1. The van der Waals surface area contributed by atoms with Gasteiger partial charge in [-0.2, -0.15) is 0 Å². The maximum atomic E-state index is 13.3. The van der Waals surface area contributed by atoms with Gasteiger partial charge in [0.15, 0.2) is 0 Å². The molecule has 0 radical (unpaired) electrons. The van der Waals surface area contributed by atoms with Gasteiger partial charge in [0.1, 0.15) is 6.61 Å². The van der Waals surface area contributed by atoms with Gasteiger partial charge in [0.25, 0.3) is 0 Å². The zero-order valence-corrected chi connectivity index (χ0v) is 16.2. The topological polar surface area (TPSA) is 55.8 Å². The number of amides is 2. The van der Waals surface area contributed by atoms with Crippen molar-refractivity contribution in [1.82, 2.24) is 4.90 Å². The van der Waals surface area contributed by atoms with Crippen molar-refractivity contribution < 1.29 is 19.1 Å². The SMILES string of the molecule is CC(C)[C@H]1COC(=O)N1C(=O)[C@H]1[C@H](I)[C@@H](C)O[C@@H]1c1ccccc1. The molecule has 2 heterocycles. The number of hydrogen-bond acceptors (Lipinski definition) is 4. The lowest BCUT2D eigenvalue weighted by Crippen LogP contribution is -2.47. The summed E-state index contributed by atoms with van der Waals surface area (Å²) < 4.78 is 11.2. The largest absolute Gasteiger partial charge is 0.447 e. The number of ether oxygens (including phenoxy) is 2. The maximum absolute atomic E-state index is 13.3. The van der Waals surface area contributed by atoms with E-state index in [0.29, 0.717) is 0 Å². The van der Waals surface area contributed by atoms with Crippen molar-refractivity contribution in [3.05, 3.63) is 35.9 Å². The summed E-state index contributed by atoms with van der Waals surface area (Å²) in [6, 6.07) is 9.54. The molecule has 5 atom stereocenters. The van der Waals surface area contributed by atoms with Gasteiger partial charge in [-0.05, 0) is 18.4 Å². The Morgan fingerprint density at radius 2 is 1.96 bits per heavy atom. The minimum atomic E-state index is -0.534. The van der Waals surface area contributed by atoms with Gasteiger partial charge in [-0.1, -0.05) is 66.8 Å². The number of hydrogen-bond donors (Lipinski definition) is 0. The summed E-state index contributed by atoms with van der Waals surface area (Å²) in [5.41, 5.74) is 0.968. The molecule has 0 aliphatic carbocycles. The summed E-state index contributed by atoms with van der Waals surface area (Å²) in [5.74, 6) is -0.424. The van der Waals surface area contributed by atoms with Crippen molar-refractivity contribution in [1.29, 1.82) is 0 Å². The first-order valence-electron chi connectivity index (χ1n) is 8.26. The summed E-state index contributed by atoms with van der Waals surface area (Å²) in [4.78, 5) is 26.7. The molecule has 1 aromatic carbocycles. The van der Waals surface area contributed by atoms with Crippen LogP contribution in [-0.4, -0.2) is 39.6 Å². The smallest absolute Gasteiger partial charge is 0.416 e. The highest BCUT2D eigenvalue weighted by atomic mass is 127. The van der Waals surface area contributed by atoms with E-state index in [1.54, 1.807) is 0 Å². The van der Waals surface area contributed by atoms with Crippen molar-refractivity contribution in [2.75, 3.05) is 6.61 Å². The average molecular weight is 443 g/mol. The fraction of sp³-hybridized carbons (Fsp3) is 0.556. The van der Waals surface area contributed by atoms with E-state index in [4.69, 9.17) is 9.47 Å². The first-order chi connectivity index (χ1) is 11.4. The molecular weight excluding hydrogens is 421 g/mol. The van der Waals surface area contributed by atoms with Crippen LogP contribution in [0.15, 0.2) is 30.3 Å². The molecule has 2 amide bonds. The Kier molecular flexibility index (Phi) is 5.15. The number of nitrogens with zero attached hydrogens (tertiary/aromatic N) is 1. The van der Waals surface area contributed by atoms with Gasteiger partial charge in [-0.15, -0.1) is 0 Å². The van der Waals surface area contributed by atoms with Gasteiger partial charge >= 0.3 is 6.09 Å². The highest BCUT2D eigenvalue weighted by molar-refractivity contribution is 14.1. The van der Waals surface area contributed by atoms with Crippen LogP contribution in [0.5, 0.6) is 0 Å². The lowest BCUT2D eigenvalue weighted by atomic mass is 9.91. The Bertz CT molecular complexity index is 621. The van der Waals surface area contributed by atoms with Gasteiger partial charge in [0, 0.05) is 0 Å². The summed E-state index contributed by atoms with van der Waals surface area (Å²) in [7, 11) is 0. The molecule has 0 N–H and O–H groups in total. The first kappa shape index (κ1) is 17.7. The van der Waals surface area contributed by atoms with Crippen LogP contribution >= 0.6 is 22.6 Å². The van der Waals surface area contributed by atoms with Crippen LogP contribution in [0.4, 0.5) is 4.79 Å². The number of alkyl halides is 1. The summed E-state index contributed by atoms with van der Waals surface area (Å²) >= 11 is 2.27. The van der Waals surface area contributed by atoms with Gasteiger partial charge < -0.3 is 9.47 Å². The van der Waals surface area contributed by atoms with Gasteiger partial charge in [-0.3, -0.25) is 4.79 Å². The number of benzene rings is 1. The zero-order valence-electron chi connectivity index (χ0n) is 14.0. The Hall–Kier alpha value is -1.15. The predicted molar refractivity (Wildman–Crippen MR) is 97.8 cm³/mol. The van der Waals surface area contributed by atoms with E-state index in [1.807, 2.05) is 51.1 Å². The second-order valence-electron chi connectivity index (χ2n) is 6.74. The highest BCUT2D eigenvalue weighted by Gasteiger charge is 2.51. The van der Waals surface area contributed by atoms with Crippen LogP contribution in [0.3, 0.4) is 0 Å². The number of carbonyl (C=O) groups excluding carboxylic acids is 2. The third kappa shape index (κ3) is 3.06. The molecule has 0 spiro atoms. The summed E-state index contributed by atoms with van der Waals surface area (Å²) in [6.07, 6.45) is -0.925. The number of carbonyl (C=O) groups is 2. The first-order valence-corrected chi connectivity index (χ1v) is 9.50. The van der Waals surface area contributed by atoms with E-state index in [-0.39, 0.29) is 40.6 Å². The van der Waals surface area contributed by atoms with E-state index >= 15 is 0 Å². The third-order valence-electron chi connectivity index (χ3n) is 4.81. The Morgan fingerprint density at radius 1 is 1.29 bits per heavy atom. The van der Waals surface area contributed by atoms with Gasteiger partial charge in [0.05, 0.1) is 28.1 Å². The van der Waals surface area contributed by atoms with Crippen molar-refractivity contribution in [3.63, 3.8) is 0 Å². The van der Waals surface area contributed by atoms with Crippen molar-refractivity contribution in [3.8, 4) is 0 Å². The van der Waals surface area contributed by atoms with E-state index in [1.165, 1.54) is 4.90 Å². The van der Waals surface area contributed by atoms with Crippen molar-refractivity contribution in [2.45, 2.75) is 42.9 Å². The maximum Gasteiger partial charge on any atom is 0.416 e. The Morgan fingerprint density at radius 3 is 2.58 bits per heavy atom. The molecule has 2 fully saturated rings. The second kappa shape index (κ2) is 7.00. The molecule has 2 saturated heterocycles. The van der Waals surface area contributed by atoms with Crippen LogP contribution < -0.4 is 0 Å². The third-order valence-corrected chi connectivity index (χ3v) is 6.59. The molecule has 2 aliphatic rings. The number of rotatable bonds is 3. The Balaban J connectivity index is 1.92. The second-order valence-corrected chi connectivity index (χ2v) is 8.18. The molecule has 5 nitrogen and oxygen atoms in total. The molecule has 0 aromatic heterocycles. The lowest BCUT2D eigenvalue weighted by molar-refractivity contribution is -0.135. The molecule has 0 bridgehead atoms. The average Bonchev–Trinajstić information content (AvgIpc) is 3.09. The van der Waals surface area contributed by atoms with E-state index < -0.39 is 12.0 Å². The highest BCUT2D eigenvalue weighted by Crippen LogP contribution is 2.44. The van der Waals surface area contributed by atoms with Crippen molar-refractivity contribution in [2.24, 2.45) is 11.8 Å². The molecule has 0 saturated carbocycles. The van der Waals surface area contributed by atoms with Crippen molar-refractivity contribution >= 4 is 34.6 Å². The van der Waals surface area contributed by atoms with E-state index in [0.717, 1.165) is 5.56 Å². The zero-order chi connectivity index (χ0) is 17.4. The minimum absolute atomic E-state index is 0.00141. The standard InChI is InChI=1S/C18H22INO4/c1-10(2)13-9-23-18(22)20(13)17(21)14-15(19)11(3)24-16(14)12-7-5-4-6-8-12/h4-8,10-11,13-16H,9H2,1-3H3/t11-,13-,14+,15-,16-/m1/s1. The van der Waals surface area contributed by atoms with Crippen LogP contribution in [0.2, 0.25) is 0 Å². The summed E-state index contributed by atoms with van der Waals surface area (Å²) in [5, 5.41) is 0. The fourth-order valence-corrected chi connectivity index (χ4v) is 4.24. The Labute approximate surface area is 155 Å². The minimum Gasteiger partial charge on any atom is -0.447 e. The van der Waals surface area contributed by atoms with Crippen LogP contribution in [0, 0.1) is 11.8 Å². The van der Waals surface area contributed by atoms with Crippen LogP contribution in [-0.2, 0) is 14.3 Å². The van der Waals surface area contributed by atoms with E-state index in [2.05, 4.69) is 22.6 Å². The molecule has 130 valence electrons.